The molecule has 0 radical (unpaired) electrons. The molecule has 1 aromatic rings. The van der Waals surface area contributed by atoms with Gasteiger partial charge < -0.3 is 14.8 Å². The van der Waals surface area contributed by atoms with Crippen LogP contribution in [0.3, 0.4) is 0 Å². The summed E-state index contributed by atoms with van der Waals surface area (Å²) in [4.78, 5) is 0.257. The number of hydrogen-bond acceptors (Lipinski definition) is 5. The second kappa shape index (κ2) is 7.74. The minimum absolute atomic E-state index is 0.0404. The fourth-order valence-corrected chi connectivity index (χ4v) is 3.47. The molecule has 0 spiro atoms. The average Bonchev–Trinajstić information content (AvgIpc) is 2.49. The second-order valence-corrected chi connectivity index (χ2v) is 6.69. The van der Waals surface area contributed by atoms with Gasteiger partial charge in [0, 0.05) is 19.7 Å². The highest BCUT2D eigenvalue weighted by Crippen LogP contribution is 2.17. The van der Waals surface area contributed by atoms with Crippen LogP contribution in [0.15, 0.2) is 29.2 Å². The van der Waals surface area contributed by atoms with Crippen molar-refractivity contribution in [3.8, 4) is 5.75 Å². The summed E-state index contributed by atoms with van der Waals surface area (Å²) in [6.45, 7) is 2.56. The summed E-state index contributed by atoms with van der Waals surface area (Å²) in [6.07, 6.45) is 1.85. The van der Waals surface area contributed by atoms with Gasteiger partial charge in [-0.25, -0.2) is 13.1 Å². The van der Waals surface area contributed by atoms with Crippen LogP contribution < -0.4 is 14.8 Å². The molecular formula is C14H22N2O4S. The van der Waals surface area contributed by atoms with E-state index in [0.29, 0.717) is 25.5 Å². The van der Waals surface area contributed by atoms with Gasteiger partial charge in [0.25, 0.3) is 0 Å². The van der Waals surface area contributed by atoms with Gasteiger partial charge in [-0.3, -0.25) is 0 Å². The number of rotatable bonds is 7. The van der Waals surface area contributed by atoms with Gasteiger partial charge in [-0.2, -0.15) is 0 Å². The van der Waals surface area contributed by atoms with E-state index in [-0.39, 0.29) is 10.9 Å². The fraction of sp³-hybridized carbons (Fsp3) is 0.571. The highest BCUT2D eigenvalue weighted by Gasteiger charge is 2.21. The molecule has 1 aromatic carbocycles. The Labute approximate surface area is 125 Å². The van der Waals surface area contributed by atoms with E-state index in [1.807, 2.05) is 0 Å². The fourth-order valence-electron chi connectivity index (χ4n) is 2.20. The Morgan fingerprint density at radius 2 is 2.05 bits per heavy atom. The van der Waals surface area contributed by atoms with E-state index in [2.05, 4.69) is 10.0 Å². The minimum Gasteiger partial charge on any atom is -0.491 e. The normalized spacial score (nSPS) is 19.4. The van der Waals surface area contributed by atoms with Crippen LogP contribution in [0.25, 0.3) is 0 Å². The molecule has 0 bridgehead atoms. The summed E-state index contributed by atoms with van der Waals surface area (Å²) in [5, 5.41) is 3.19. The summed E-state index contributed by atoms with van der Waals surface area (Å²) in [5.41, 5.74) is 0. The van der Waals surface area contributed by atoms with E-state index < -0.39 is 10.0 Å². The predicted octanol–water partition coefficient (Wildman–Crippen LogP) is 0.742. The molecule has 0 aromatic heterocycles. The third-order valence-electron chi connectivity index (χ3n) is 3.31. The number of ether oxygens (including phenoxy) is 2. The molecule has 1 fully saturated rings. The molecule has 2 rings (SSSR count). The quantitative estimate of drug-likeness (QED) is 0.726. The van der Waals surface area contributed by atoms with E-state index in [1.54, 1.807) is 31.4 Å². The van der Waals surface area contributed by atoms with Crippen LogP contribution in [0, 0.1) is 0 Å². The molecule has 118 valence electrons. The van der Waals surface area contributed by atoms with E-state index in [0.717, 1.165) is 19.4 Å². The molecule has 7 heteroatoms. The van der Waals surface area contributed by atoms with Gasteiger partial charge in [-0.05, 0) is 43.7 Å². The molecule has 0 amide bonds. The van der Waals surface area contributed by atoms with Gasteiger partial charge in [-0.15, -0.1) is 0 Å². The Bertz CT molecular complexity index is 524. The molecule has 0 saturated carbocycles. The second-order valence-electron chi connectivity index (χ2n) is 4.98. The minimum atomic E-state index is -3.47. The molecule has 1 aliphatic rings. The first kappa shape index (κ1) is 16.2. The largest absolute Gasteiger partial charge is 0.491 e. The molecule has 1 heterocycles. The van der Waals surface area contributed by atoms with Crippen LogP contribution >= 0.6 is 0 Å². The summed E-state index contributed by atoms with van der Waals surface area (Å²) >= 11 is 0. The zero-order valence-corrected chi connectivity index (χ0v) is 13.0. The Hall–Kier alpha value is -1.15. The van der Waals surface area contributed by atoms with E-state index >= 15 is 0 Å². The van der Waals surface area contributed by atoms with Crippen molar-refractivity contribution in [3.05, 3.63) is 24.3 Å². The van der Waals surface area contributed by atoms with Crippen LogP contribution in [-0.4, -0.2) is 47.9 Å². The number of nitrogens with one attached hydrogen (secondary N) is 2. The summed E-state index contributed by atoms with van der Waals surface area (Å²) in [5.74, 6) is 0.630. The van der Waals surface area contributed by atoms with Crippen LogP contribution in [0.1, 0.15) is 12.8 Å². The molecule has 21 heavy (non-hydrogen) atoms. The number of benzene rings is 1. The van der Waals surface area contributed by atoms with Gasteiger partial charge in [0.2, 0.25) is 10.0 Å². The first-order chi connectivity index (χ1) is 10.1. The predicted molar refractivity (Wildman–Crippen MR) is 80.0 cm³/mol. The Morgan fingerprint density at radius 1 is 1.29 bits per heavy atom. The van der Waals surface area contributed by atoms with Gasteiger partial charge in [0.1, 0.15) is 12.4 Å². The first-order valence-corrected chi connectivity index (χ1v) is 8.55. The number of sulfonamides is 1. The molecular weight excluding hydrogens is 292 g/mol. The van der Waals surface area contributed by atoms with Crippen molar-refractivity contribution in [2.45, 2.75) is 23.8 Å². The average molecular weight is 314 g/mol. The maximum absolute atomic E-state index is 12.3. The van der Waals surface area contributed by atoms with E-state index in [4.69, 9.17) is 9.47 Å². The van der Waals surface area contributed by atoms with Crippen molar-refractivity contribution in [2.24, 2.45) is 0 Å². The first-order valence-electron chi connectivity index (χ1n) is 7.06. The van der Waals surface area contributed by atoms with Crippen LogP contribution in [0.5, 0.6) is 5.75 Å². The van der Waals surface area contributed by atoms with Crippen LogP contribution in [0.4, 0.5) is 0 Å². The Morgan fingerprint density at radius 3 is 2.67 bits per heavy atom. The van der Waals surface area contributed by atoms with Crippen molar-refractivity contribution >= 4 is 10.0 Å². The van der Waals surface area contributed by atoms with Gasteiger partial charge in [0.15, 0.2) is 0 Å². The zero-order chi connectivity index (χ0) is 15.1. The summed E-state index contributed by atoms with van der Waals surface area (Å²) in [7, 11) is -1.87. The Balaban J connectivity index is 1.95. The standard InChI is InChI=1S/C14H22N2O4S/c1-19-9-10-20-13-4-6-14(7-5-13)21(17,18)16-12-3-2-8-15-11-12/h4-7,12,15-16H,2-3,8-11H2,1H3/t12-/m0/s1. The highest BCUT2D eigenvalue weighted by atomic mass is 32.2. The molecule has 6 nitrogen and oxygen atoms in total. The summed E-state index contributed by atoms with van der Waals surface area (Å²) in [6, 6.07) is 6.38. The van der Waals surface area contributed by atoms with Crippen LogP contribution in [-0.2, 0) is 14.8 Å². The summed E-state index contributed by atoms with van der Waals surface area (Å²) < 4.78 is 37.6. The molecule has 0 aliphatic carbocycles. The SMILES string of the molecule is COCCOc1ccc(S(=O)(=O)N[C@H]2CCCNC2)cc1. The lowest BCUT2D eigenvalue weighted by atomic mass is 10.1. The zero-order valence-electron chi connectivity index (χ0n) is 12.2. The smallest absolute Gasteiger partial charge is 0.240 e. The monoisotopic (exact) mass is 314 g/mol. The molecule has 0 unspecified atom stereocenters. The lowest BCUT2D eigenvalue weighted by Gasteiger charge is -2.23. The third kappa shape index (κ3) is 4.96. The van der Waals surface area contributed by atoms with Crippen molar-refractivity contribution in [3.63, 3.8) is 0 Å². The van der Waals surface area contributed by atoms with E-state index in [1.165, 1.54) is 0 Å². The molecule has 1 saturated heterocycles. The number of piperidine rings is 1. The lowest BCUT2D eigenvalue weighted by molar-refractivity contribution is 0.146. The van der Waals surface area contributed by atoms with Crippen molar-refractivity contribution in [2.75, 3.05) is 33.4 Å². The van der Waals surface area contributed by atoms with Crippen molar-refractivity contribution in [1.82, 2.24) is 10.0 Å². The topological polar surface area (TPSA) is 76.7 Å². The van der Waals surface area contributed by atoms with Gasteiger partial charge in [-0.1, -0.05) is 0 Å². The molecule has 2 N–H and O–H groups in total. The number of methoxy groups -OCH3 is 1. The maximum atomic E-state index is 12.3. The van der Waals surface area contributed by atoms with Crippen molar-refractivity contribution < 1.29 is 17.9 Å². The molecule has 1 aliphatic heterocycles. The third-order valence-corrected chi connectivity index (χ3v) is 4.85. The Kier molecular flexibility index (Phi) is 5.98. The number of hydrogen-bond donors (Lipinski definition) is 2. The van der Waals surface area contributed by atoms with E-state index in [9.17, 15) is 8.42 Å². The van der Waals surface area contributed by atoms with Crippen molar-refractivity contribution in [1.29, 1.82) is 0 Å². The highest BCUT2D eigenvalue weighted by molar-refractivity contribution is 7.89. The maximum Gasteiger partial charge on any atom is 0.240 e. The van der Waals surface area contributed by atoms with Crippen LogP contribution in [0.2, 0.25) is 0 Å². The van der Waals surface area contributed by atoms with Gasteiger partial charge in [0.05, 0.1) is 11.5 Å². The lowest BCUT2D eigenvalue weighted by Crippen LogP contribution is -2.45. The molecule has 1 atom stereocenters. The van der Waals surface area contributed by atoms with Gasteiger partial charge >= 0.3 is 0 Å².